The molecule has 1 aliphatic rings. The van der Waals surface area contributed by atoms with Crippen LogP contribution < -0.4 is 19.1 Å². The van der Waals surface area contributed by atoms with Gasteiger partial charge in [-0.2, -0.15) is 0 Å². The van der Waals surface area contributed by atoms with Gasteiger partial charge in [-0.3, -0.25) is 13.9 Å². The number of ether oxygens (including phenoxy) is 2. The van der Waals surface area contributed by atoms with E-state index in [1.165, 1.54) is 17.0 Å². The van der Waals surface area contributed by atoms with E-state index in [1.807, 2.05) is 43.3 Å². The van der Waals surface area contributed by atoms with Gasteiger partial charge in [0.1, 0.15) is 29.9 Å². The van der Waals surface area contributed by atoms with Crippen molar-refractivity contribution in [1.82, 2.24) is 10.2 Å². The fourth-order valence-electron chi connectivity index (χ4n) is 6.20. The van der Waals surface area contributed by atoms with Crippen LogP contribution in [0.4, 0.5) is 10.1 Å². The van der Waals surface area contributed by atoms with E-state index in [9.17, 15) is 22.4 Å². The summed E-state index contributed by atoms with van der Waals surface area (Å²) in [5.74, 6) is -0.373. The zero-order chi connectivity index (χ0) is 35.5. The number of anilines is 1. The Morgan fingerprint density at radius 2 is 1.54 bits per heavy atom. The highest BCUT2D eigenvalue weighted by molar-refractivity contribution is 7.92. The summed E-state index contributed by atoms with van der Waals surface area (Å²) in [7, 11) is -2.83. The minimum Gasteiger partial charge on any atom is -0.497 e. The second-order valence-electron chi connectivity index (χ2n) is 12.3. The first-order chi connectivity index (χ1) is 24.2. The molecule has 0 bridgehead atoms. The van der Waals surface area contributed by atoms with Gasteiger partial charge in [0.25, 0.3) is 10.0 Å². The number of benzene rings is 4. The molecule has 2 amide bonds. The van der Waals surface area contributed by atoms with E-state index in [0.29, 0.717) is 23.7 Å². The van der Waals surface area contributed by atoms with E-state index in [-0.39, 0.29) is 35.5 Å². The number of nitrogens with zero attached hydrogens (tertiary/aromatic N) is 2. The third-order valence-electron chi connectivity index (χ3n) is 8.83. The molecule has 0 radical (unpaired) electrons. The minimum absolute atomic E-state index is 0.0116. The predicted octanol–water partition coefficient (Wildman–Crippen LogP) is 6.52. The zero-order valence-electron chi connectivity index (χ0n) is 28.5. The lowest BCUT2D eigenvalue weighted by Gasteiger charge is -2.35. The predicted molar refractivity (Wildman–Crippen MR) is 191 cm³/mol. The summed E-state index contributed by atoms with van der Waals surface area (Å²) in [6, 6.07) is 26.5. The lowest BCUT2D eigenvalue weighted by Crippen LogP contribution is -2.55. The monoisotopic (exact) mass is 701 g/mol. The molecule has 4 aromatic rings. The van der Waals surface area contributed by atoms with Gasteiger partial charge >= 0.3 is 0 Å². The van der Waals surface area contributed by atoms with Gasteiger partial charge in [-0.05, 0) is 91.6 Å². The summed E-state index contributed by atoms with van der Waals surface area (Å²) in [6.07, 6.45) is 5.06. The highest BCUT2D eigenvalue weighted by Gasteiger charge is 2.35. The quantitative estimate of drug-likeness (QED) is 0.152. The van der Waals surface area contributed by atoms with Crippen LogP contribution in [0.25, 0.3) is 0 Å². The fourth-order valence-corrected chi connectivity index (χ4v) is 7.62. The maximum absolute atomic E-state index is 14.7. The van der Waals surface area contributed by atoms with Crippen molar-refractivity contribution >= 4 is 27.5 Å². The van der Waals surface area contributed by atoms with Crippen LogP contribution in [0.1, 0.15) is 50.2 Å². The van der Waals surface area contributed by atoms with Gasteiger partial charge in [-0.25, -0.2) is 12.8 Å². The number of nitrogens with one attached hydrogen (secondary N) is 1. The largest absolute Gasteiger partial charge is 0.497 e. The lowest BCUT2D eigenvalue weighted by atomic mass is 9.94. The molecule has 9 nitrogen and oxygen atoms in total. The Kier molecular flexibility index (Phi) is 12.5. The topological polar surface area (TPSA) is 105 Å². The standard InChI is InChI=1S/C39H44FN3O6S/c1-3-49-34-21-19-33(20-22-34)43(50(46,47)36-23-17-31(40)18-24-36)28-38(44)42(27-30-13-10-16-35(25-30)48-2)37(26-29-11-6-4-7-12-29)39(45)41-32-14-8-5-9-15-32/h4,6-7,10-13,16-25,32,37H,3,5,8-9,14-15,26-28H2,1-2H3,(H,41,45)/t37-/m1/s1. The highest BCUT2D eigenvalue weighted by atomic mass is 32.2. The van der Waals surface area contributed by atoms with Crippen LogP contribution in [0, 0.1) is 5.82 Å². The van der Waals surface area contributed by atoms with Crippen molar-refractivity contribution in [3.8, 4) is 11.5 Å². The number of methoxy groups -OCH3 is 1. The van der Waals surface area contributed by atoms with E-state index in [4.69, 9.17) is 9.47 Å². The second kappa shape index (κ2) is 17.2. The number of hydrogen-bond donors (Lipinski definition) is 1. The third kappa shape index (κ3) is 9.41. The van der Waals surface area contributed by atoms with Gasteiger partial charge in [0, 0.05) is 19.0 Å². The van der Waals surface area contributed by atoms with Crippen LogP contribution in [-0.4, -0.2) is 57.5 Å². The molecule has 50 heavy (non-hydrogen) atoms. The molecule has 0 spiro atoms. The summed E-state index contributed by atoms with van der Waals surface area (Å²) in [5, 5.41) is 3.21. The fraction of sp³-hybridized carbons (Fsp3) is 0.333. The first-order valence-corrected chi connectivity index (χ1v) is 18.4. The molecule has 4 aromatic carbocycles. The molecule has 0 saturated heterocycles. The first kappa shape index (κ1) is 36.4. The van der Waals surface area contributed by atoms with Gasteiger partial charge < -0.3 is 19.7 Å². The smallest absolute Gasteiger partial charge is 0.264 e. The van der Waals surface area contributed by atoms with E-state index < -0.39 is 34.3 Å². The van der Waals surface area contributed by atoms with Gasteiger partial charge in [-0.1, -0.05) is 61.7 Å². The van der Waals surface area contributed by atoms with E-state index >= 15 is 0 Å². The van der Waals surface area contributed by atoms with E-state index in [0.717, 1.165) is 54.1 Å². The number of rotatable bonds is 15. The third-order valence-corrected chi connectivity index (χ3v) is 10.6. The van der Waals surface area contributed by atoms with Crippen molar-refractivity contribution in [1.29, 1.82) is 0 Å². The molecule has 1 saturated carbocycles. The second-order valence-corrected chi connectivity index (χ2v) is 14.2. The van der Waals surface area contributed by atoms with Crippen molar-refractivity contribution in [2.24, 2.45) is 0 Å². The summed E-state index contributed by atoms with van der Waals surface area (Å²) in [4.78, 5) is 30.3. The molecule has 1 aliphatic carbocycles. The van der Waals surface area contributed by atoms with Crippen LogP contribution >= 0.6 is 0 Å². The van der Waals surface area contributed by atoms with Gasteiger partial charge in [0.2, 0.25) is 11.8 Å². The normalized spacial score (nSPS) is 14.0. The van der Waals surface area contributed by atoms with Crippen molar-refractivity contribution in [3.63, 3.8) is 0 Å². The SMILES string of the molecule is CCOc1ccc(N(CC(=O)N(Cc2cccc(OC)c2)[C@H](Cc2ccccc2)C(=O)NC2CCCCC2)S(=O)(=O)c2ccc(F)cc2)cc1. The minimum atomic E-state index is -4.38. The Morgan fingerprint density at radius 1 is 0.860 bits per heavy atom. The van der Waals surface area contributed by atoms with Crippen LogP contribution in [0.2, 0.25) is 0 Å². The molecule has 1 fully saturated rings. The van der Waals surface area contributed by atoms with Crippen molar-refractivity contribution in [2.75, 3.05) is 24.6 Å². The highest BCUT2D eigenvalue weighted by Crippen LogP contribution is 2.28. The summed E-state index contributed by atoms with van der Waals surface area (Å²) >= 11 is 0. The number of halogens is 1. The molecule has 0 aliphatic heterocycles. The molecule has 0 aromatic heterocycles. The van der Waals surface area contributed by atoms with Gasteiger partial charge in [0.15, 0.2) is 0 Å². The van der Waals surface area contributed by atoms with Crippen molar-refractivity contribution in [3.05, 3.63) is 120 Å². The lowest BCUT2D eigenvalue weighted by molar-refractivity contribution is -0.140. The Bertz CT molecular complexity index is 1820. The maximum atomic E-state index is 14.7. The van der Waals surface area contributed by atoms with Crippen LogP contribution in [-0.2, 0) is 32.6 Å². The number of sulfonamides is 1. The summed E-state index contributed by atoms with van der Waals surface area (Å²) < 4.78 is 54.3. The summed E-state index contributed by atoms with van der Waals surface area (Å²) in [5.41, 5.74) is 1.76. The van der Waals surface area contributed by atoms with E-state index in [1.54, 1.807) is 49.6 Å². The Morgan fingerprint density at radius 3 is 2.20 bits per heavy atom. The molecule has 264 valence electrons. The average molecular weight is 702 g/mol. The molecule has 1 N–H and O–H groups in total. The number of carbonyl (C=O) groups is 2. The maximum Gasteiger partial charge on any atom is 0.264 e. The van der Waals surface area contributed by atoms with Gasteiger partial charge in [0.05, 0.1) is 24.3 Å². The van der Waals surface area contributed by atoms with E-state index in [2.05, 4.69) is 5.32 Å². The van der Waals surface area contributed by atoms with Crippen LogP contribution in [0.5, 0.6) is 11.5 Å². The van der Waals surface area contributed by atoms with Crippen molar-refractivity contribution < 1.29 is 31.9 Å². The number of hydrogen-bond acceptors (Lipinski definition) is 6. The Labute approximate surface area is 294 Å². The molecule has 0 heterocycles. The van der Waals surface area contributed by atoms with Crippen molar-refractivity contribution in [2.45, 2.75) is 69.0 Å². The Balaban J connectivity index is 1.57. The Hall–Kier alpha value is -4.90. The average Bonchev–Trinajstić information content (AvgIpc) is 3.13. The molecule has 0 unspecified atom stereocenters. The molecule has 1 atom stereocenters. The number of carbonyl (C=O) groups excluding carboxylic acids is 2. The summed E-state index contributed by atoms with van der Waals surface area (Å²) in [6.45, 7) is 1.64. The van der Waals surface area contributed by atoms with Crippen LogP contribution in [0.3, 0.4) is 0 Å². The zero-order valence-corrected chi connectivity index (χ0v) is 29.3. The first-order valence-electron chi connectivity index (χ1n) is 17.0. The molecule has 5 rings (SSSR count). The molecule has 11 heteroatoms. The van der Waals surface area contributed by atoms with Gasteiger partial charge in [-0.15, -0.1) is 0 Å². The molecular formula is C39H44FN3O6S. The number of amides is 2. The van der Waals surface area contributed by atoms with Crippen LogP contribution in [0.15, 0.2) is 108 Å². The molecular weight excluding hydrogens is 658 g/mol.